The van der Waals surface area contributed by atoms with E-state index in [2.05, 4.69) is 31.0 Å². The zero-order valence-corrected chi connectivity index (χ0v) is 23.0. The second-order valence-electron chi connectivity index (χ2n) is 9.79. The Balaban J connectivity index is 1.55. The fourth-order valence-electron chi connectivity index (χ4n) is 5.14. The van der Waals surface area contributed by atoms with Gasteiger partial charge in [0.15, 0.2) is 0 Å². The molecule has 2 aliphatic rings. The monoisotopic (exact) mass is 533 g/mol. The summed E-state index contributed by atoms with van der Waals surface area (Å²) in [4.78, 5) is 29.4. The maximum atomic E-state index is 13.2. The number of anilines is 1. The molecule has 1 aromatic carbocycles. The number of piperidine rings is 1. The second-order valence-corrected chi connectivity index (χ2v) is 12.8. The molecule has 2 unspecified atom stereocenters. The molecule has 1 saturated heterocycles. The van der Waals surface area contributed by atoms with Crippen molar-refractivity contribution in [3.05, 3.63) is 45.8 Å². The van der Waals surface area contributed by atoms with Crippen LogP contribution in [-0.2, 0) is 27.7 Å². The fraction of sp³-hybridized carbons (Fsp3) is 0.538. The number of nitrogens with zero attached hydrogens (tertiary/aromatic N) is 2. The van der Waals surface area contributed by atoms with Crippen LogP contribution < -0.4 is 5.32 Å². The maximum Gasteiger partial charge on any atom is 0.341 e. The molecule has 0 spiro atoms. The van der Waals surface area contributed by atoms with Crippen molar-refractivity contribution < 1.29 is 22.7 Å². The van der Waals surface area contributed by atoms with E-state index < -0.39 is 21.9 Å². The lowest BCUT2D eigenvalue weighted by molar-refractivity contribution is 0.0526. The Morgan fingerprint density at radius 3 is 2.39 bits per heavy atom. The third-order valence-corrected chi connectivity index (χ3v) is 9.86. The molecule has 2 aliphatic heterocycles. The first-order chi connectivity index (χ1) is 17.1. The van der Waals surface area contributed by atoms with Gasteiger partial charge in [-0.05, 0) is 68.0 Å². The molecular formula is C26H35N3O5S2. The van der Waals surface area contributed by atoms with Gasteiger partial charge in [0.25, 0.3) is 5.91 Å². The topological polar surface area (TPSA) is 96.0 Å². The van der Waals surface area contributed by atoms with Crippen molar-refractivity contribution in [1.29, 1.82) is 0 Å². The van der Waals surface area contributed by atoms with Gasteiger partial charge in [-0.3, -0.25) is 9.69 Å². The van der Waals surface area contributed by atoms with Crippen LogP contribution in [0, 0.1) is 11.8 Å². The van der Waals surface area contributed by atoms with Gasteiger partial charge in [0.2, 0.25) is 10.0 Å². The van der Waals surface area contributed by atoms with Gasteiger partial charge in [0, 0.05) is 36.6 Å². The van der Waals surface area contributed by atoms with Crippen molar-refractivity contribution in [2.75, 3.05) is 38.1 Å². The van der Waals surface area contributed by atoms with Crippen molar-refractivity contribution in [1.82, 2.24) is 9.21 Å². The molecule has 1 aromatic heterocycles. The highest BCUT2D eigenvalue weighted by Gasteiger charge is 2.32. The first-order valence-electron chi connectivity index (χ1n) is 12.6. The number of nitrogens with one attached hydrogen (secondary N) is 1. The molecule has 3 heterocycles. The normalized spacial score (nSPS) is 21.1. The Hall–Kier alpha value is -2.27. The molecule has 0 aliphatic carbocycles. The number of ether oxygens (including phenoxy) is 1. The molecule has 8 nitrogen and oxygen atoms in total. The number of benzene rings is 1. The zero-order valence-electron chi connectivity index (χ0n) is 21.4. The van der Waals surface area contributed by atoms with Crippen LogP contribution >= 0.6 is 11.3 Å². The van der Waals surface area contributed by atoms with E-state index in [1.54, 1.807) is 11.2 Å². The Kier molecular flexibility index (Phi) is 8.18. The number of hydrogen-bond acceptors (Lipinski definition) is 7. The van der Waals surface area contributed by atoms with Gasteiger partial charge >= 0.3 is 5.97 Å². The average molecular weight is 534 g/mol. The summed E-state index contributed by atoms with van der Waals surface area (Å²) in [6, 6.07) is 6.02. The van der Waals surface area contributed by atoms with Crippen molar-refractivity contribution in [3.8, 4) is 0 Å². The van der Waals surface area contributed by atoms with Crippen molar-refractivity contribution in [2.24, 2.45) is 11.8 Å². The molecular weight excluding hydrogens is 498 g/mol. The number of likely N-dealkylation sites (N-methyl/N-ethyl adjacent to an activating group) is 1. The molecule has 196 valence electrons. The van der Waals surface area contributed by atoms with Crippen molar-refractivity contribution in [2.45, 2.75) is 52.0 Å². The zero-order chi connectivity index (χ0) is 26.0. The van der Waals surface area contributed by atoms with Gasteiger partial charge < -0.3 is 10.1 Å². The van der Waals surface area contributed by atoms with Crippen LogP contribution in [0.4, 0.5) is 5.00 Å². The summed E-state index contributed by atoms with van der Waals surface area (Å²) in [7, 11) is -3.63. The van der Waals surface area contributed by atoms with Crippen LogP contribution in [0.2, 0.25) is 0 Å². The Morgan fingerprint density at radius 1 is 1.11 bits per heavy atom. The van der Waals surface area contributed by atoms with Gasteiger partial charge in [-0.1, -0.05) is 20.8 Å². The summed E-state index contributed by atoms with van der Waals surface area (Å²) in [5.74, 6) is -0.205. The second kappa shape index (κ2) is 11.0. The summed E-state index contributed by atoms with van der Waals surface area (Å²) in [6.45, 7) is 11.8. The van der Waals surface area contributed by atoms with Crippen LogP contribution in [0.25, 0.3) is 0 Å². The third-order valence-electron chi connectivity index (χ3n) is 6.88. The molecule has 0 bridgehead atoms. The van der Waals surface area contributed by atoms with Crippen molar-refractivity contribution >= 4 is 38.2 Å². The lowest BCUT2D eigenvalue weighted by Gasteiger charge is -2.34. The van der Waals surface area contributed by atoms with E-state index >= 15 is 0 Å². The number of thiophene rings is 1. The minimum atomic E-state index is -3.63. The number of amides is 1. The minimum Gasteiger partial charge on any atom is -0.462 e. The van der Waals surface area contributed by atoms with E-state index in [1.807, 2.05) is 0 Å². The lowest BCUT2D eigenvalue weighted by atomic mass is 9.94. The maximum absolute atomic E-state index is 13.2. The predicted molar refractivity (Wildman–Crippen MR) is 141 cm³/mol. The Morgan fingerprint density at radius 2 is 1.78 bits per heavy atom. The number of rotatable bonds is 7. The highest BCUT2D eigenvalue weighted by molar-refractivity contribution is 7.89. The van der Waals surface area contributed by atoms with E-state index in [-0.39, 0.29) is 11.5 Å². The number of hydrogen-bond donors (Lipinski definition) is 1. The molecule has 0 radical (unpaired) electrons. The number of fused-ring (bicyclic) bond motifs is 1. The van der Waals surface area contributed by atoms with E-state index in [0.717, 1.165) is 42.9 Å². The van der Waals surface area contributed by atoms with E-state index in [0.29, 0.717) is 41.1 Å². The molecule has 4 rings (SSSR count). The molecule has 2 aromatic rings. The van der Waals surface area contributed by atoms with E-state index in [1.165, 1.54) is 35.6 Å². The lowest BCUT2D eigenvalue weighted by Crippen LogP contribution is -2.42. The Labute approximate surface area is 217 Å². The Bertz CT molecular complexity index is 1210. The SMILES string of the molecule is CCOC(=O)c1c(NC(=O)c2ccc(S(=O)(=O)N3CC(C)CC(C)C3)cc2)sc2c1CCN(CC)C2. The average Bonchev–Trinajstić information content (AvgIpc) is 3.20. The number of carbonyl (C=O) groups is 2. The standard InChI is InChI=1S/C26H35N3O5S2/c1-5-28-12-11-21-22(16-28)35-25(23(21)26(31)34-6-2)27-24(30)19-7-9-20(10-8-19)36(32,33)29-14-17(3)13-18(4)15-29/h7-10,17-18H,5-6,11-16H2,1-4H3,(H,27,30). The molecule has 2 atom stereocenters. The molecule has 1 amide bonds. The van der Waals surface area contributed by atoms with Crippen LogP contribution in [0.5, 0.6) is 0 Å². The summed E-state index contributed by atoms with van der Waals surface area (Å²) < 4.78 is 33.2. The van der Waals surface area contributed by atoms with E-state index in [4.69, 9.17) is 4.74 Å². The van der Waals surface area contributed by atoms with Crippen LogP contribution in [0.1, 0.15) is 65.3 Å². The quantitative estimate of drug-likeness (QED) is 0.536. The molecule has 10 heteroatoms. The fourth-order valence-corrected chi connectivity index (χ4v) is 8.09. The van der Waals surface area contributed by atoms with Crippen LogP contribution in [0.3, 0.4) is 0 Å². The van der Waals surface area contributed by atoms with Gasteiger partial charge in [-0.25, -0.2) is 13.2 Å². The predicted octanol–water partition coefficient (Wildman–Crippen LogP) is 4.22. The number of esters is 1. The molecule has 0 saturated carbocycles. The summed E-state index contributed by atoms with van der Waals surface area (Å²) >= 11 is 1.41. The summed E-state index contributed by atoms with van der Waals surface area (Å²) in [6.07, 6.45) is 1.74. The van der Waals surface area contributed by atoms with Gasteiger partial charge in [-0.2, -0.15) is 4.31 Å². The molecule has 1 fully saturated rings. The largest absolute Gasteiger partial charge is 0.462 e. The summed E-state index contributed by atoms with van der Waals surface area (Å²) in [5.41, 5.74) is 1.71. The summed E-state index contributed by atoms with van der Waals surface area (Å²) in [5, 5.41) is 3.37. The first kappa shape index (κ1) is 26.8. The van der Waals surface area contributed by atoms with E-state index in [9.17, 15) is 18.0 Å². The third kappa shape index (κ3) is 5.51. The first-order valence-corrected chi connectivity index (χ1v) is 14.8. The molecule has 1 N–H and O–H groups in total. The highest BCUT2D eigenvalue weighted by Crippen LogP contribution is 2.38. The van der Waals surface area contributed by atoms with Crippen LogP contribution in [0.15, 0.2) is 29.2 Å². The van der Waals surface area contributed by atoms with Gasteiger partial charge in [0.05, 0.1) is 17.1 Å². The molecule has 36 heavy (non-hydrogen) atoms. The highest BCUT2D eigenvalue weighted by atomic mass is 32.2. The smallest absolute Gasteiger partial charge is 0.341 e. The minimum absolute atomic E-state index is 0.179. The van der Waals surface area contributed by atoms with Crippen LogP contribution in [-0.4, -0.2) is 62.3 Å². The number of carbonyl (C=O) groups excluding carboxylic acids is 2. The number of sulfonamides is 1. The van der Waals surface area contributed by atoms with Gasteiger partial charge in [-0.15, -0.1) is 11.3 Å². The van der Waals surface area contributed by atoms with Crippen molar-refractivity contribution in [3.63, 3.8) is 0 Å². The van der Waals surface area contributed by atoms with Gasteiger partial charge in [0.1, 0.15) is 5.00 Å².